The molecule has 0 amide bonds. The first-order chi connectivity index (χ1) is 12.9. The first kappa shape index (κ1) is 19.0. The lowest BCUT2D eigenvalue weighted by Gasteiger charge is -2.38. The van der Waals surface area contributed by atoms with Crippen LogP contribution in [0.25, 0.3) is 0 Å². The fourth-order valence-corrected chi connectivity index (χ4v) is 3.48. The summed E-state index contributed by atoms with van der Waals surface area (Å²) in [6.45, 7) is 2.62. The molecule has 8 heteroatoms. The molecule has 1 aliphatic rings. The third kappa shape index (κ3) is 4.71. The van der Waals surface area contributed by atoms with Crippen LogP contribution in [0.5, 0.6) is 0 Å². The van der Waals surface area contributed by atoms with Gasteiger partial charge in [-0.2, -0.15) is 0 Å². The molecular formula is C19H26N6O2. The van der Waals surface area contributed by atoms with Crippen LogP contribution in [0.2, 0.25) is 0 Å². The Morgan fingerprint density at radius 2 is 2.00 bits per heavy atom. The molecule has 3 rings (SSSR count). The van der Waals surface area contributed by atoms with Crippen molar-refractivity contribution in [2.45, 2.75) is 25.4 Å². The minimum absolute atomic E-state index is 0.148. The number of benzene rings is 1. The van der Waals surface area contributed by atoms with Crippen LogP contribution in [0, 0.1) is 10.1 Å². The summed E-state index contributed by atoms with van der Waals surface area (Å²) >= 11 is 0. The molecule has 0 saturated carbocycles. The van der Waals surface area contributed by atoms with Gasteiger partial charge in [0, 0.05) is 58.5 Å². The van der Waals surface area contributed by atoms with Gasteiger partial charge in [-0.15, -0.1) is 0 Å². The van der Waals surface area contributed by atoms with Crippen molar-refractivity contribution in [2.24, 2.45) is 0 Å². The lowest BCUT2D eigenvalue weighted by molar-refractivity contribution is -0.384. The number of rotatable bonds is 6. The first-order valence-corrected chi connectivity index (χ1v) is 9.12. The van der Waals surface area contributed by atoms with E-state index >= 15 is 0 Å². The number of likely N-dealkylation sites (N-methyl/N-ethyl adjacent to an activating group) is 1. The van der Waals surface area contributed by atoms with Gasteiger partial charge < -0.3 is 9.80 Å². The molecule has 144 valence electrons. The number of likely N-dealkylation sites (tertiary alicyclic amines) is 1. The topological polar surface area (TPSA) is 78.6 Å². The van der Waals surface area contributed by atoms with E-state index in [0.29, 0.717) is 6.04 Å². The number of non-ortho nitro benzene ring substituents is 1. The van der Waals surface area contributed by atoms with Gasteiger partial charge >= 0.3 is 0 Å². The SMILES string of the molecule is CN(C)c1cc(N(C)C2CCCN(Cc3cccc([N+](=O)[O-])c3)C2)ncn1. The molecule has 1 fully saturated rings. The van der Waals surface area contributed by atoms with E-state index in [4.69, 9.17) is 0 Å². The Morgan fingerprint density at radius 1 is 1.22 bits per heavy atom. The summed E-state index contributed by atoms with van der Waals surface area (Å²) in [7, 11) is 6.00. The number of anilines is 2. The van der Waals surface area contributed by atoms with E-state index in [2.05, 4.69) is 26.8 Å². The Labute approximate surface area is 159 Å². The summed E-state index contributed by atoms with van der Waals surface area (Å²) in [4.78, 5) is 25.9. The maximum absolute atomic E-state index is 11.0. The van der Waals surface area contributed by atoms with Gasteiger partial charge in [-0.05, 0) is 24.9 Å². The van der Waals surface area contributed by atoms with Gasteiger partial charge in [0.15, 0.2) is 0 Å². The normalized spacial score (nSPS) is 17.5. The minimum atomic E-state index is -0.340. The predicted molar refractivity (Wildman–Crippen MR) is 106 cm³/mol. The zero-order valence-electron chi connectivity index (χ0n) is 16.1. The van der Waals surface area contributed by atoms with E-state index in [9.17, 15) is 10.1 Å². The summed E-state index contributed by atoms with van der Waals surface area (Å²) in [5.41, 5.74) is 1.12. The number of nitrogens with zero attached hydrogens (tertiary/aromatic N) is 6. The summed E-state index contributed by atoms with van der Waals surface area (Å²) in [5, 5.41) is 11.0. The molecule has 1 aromatic carbocycles. The van der Waals surface area contributed by atoms with Crippen LogP contribution in [0.15, 0.2) is 36.7 Å². The molecule has 1 aromatic heterocycles. The quantitative estimate of drug-likeness (QED) is 0.571. The number of nitro groups is 1. The molecule has 1 saturated heterocycles. The molecular weight excluding hydrogens is 344 g/mol. The Morgan fingerprint density at radius 3 is 2.74 bits per heavy atom. The van der Waals surface area contributed by atoms with Crippen molar-refractivity contribution in [2.75, 3.05) is 44.0 Å². The van der Waals surface area contributed by atoms with Crippen LogP contribution in [0.3, 0.4) is 0 Å². The van der Waals surface area contributed by atoms with E-state index in [-0.39, 0.29) is 10.6 Å². The van der Waals surface area contributed by atoms with Crippen molar-refractivity contribution >= 4 is 17.3 Å². The van der Waals surface area contributed by atoms with Gasteiger partial charge in [0.2, 0.25) is 0 Å². The lowest BCUT2D eigenvalue weighted by atomic mass is 10.0. The van der Waals surface area contributed by atoms with Crippen molar-refractivity contribution in [1.82, 2.24) is 14.9 Å². The van der Waals surface area contributed by atoms with Crippen molar-refractivity contribution in [3.05, 3.63) is 52.3 Å². The standard InChI is InChI=1S/C19H26N6O2/c1-22(2)18-11-19(21-14-20-18)23(3)17-8-5-9-24(13-17)12-15-6-4-7-16(10-15)25(26)27/h4,6-7,10-11,14,17H,5,8-9,12-13H2,1-3H3. The van der Waals surface area contributed by atoms with Gasteiger partial charge in [0.05, 0.1) is 4.92 Å². The van der Waals surface area contributed by atoms with Gasteiger partial charge in [0.25, 0.3) is 5.69 Å². The largest absolute Gasteiger partial charge is 0.363 e. The molecule has 1 aliphatic heterocycles. The zero-order chi connectivity index (χ0) is 19.4. The summed E-state index contributed by atoms with van der Waals surface area (Å²) in [6.07, 6.45) is 3.80. The number of hydrogen-bond acceptors (Lipinski definition) is 7. The fraction of sp³-hybridized carbons (Fsp3) is 0.474. The number of piperidine rings is 1. The van der Waals surface area contributed by atoms with Crippen LogP contribution in [-0.4, -0.2) is 60.1 Å². The molecule has 0 aliphatic carbocycles. The average molecular weight is 370 g/mol. The monoisotopic (exact) mass is 370 g/mol. The van der Waals surface area contributed by atoms with Gasteiger partial charge in [-0.1, -0.05) is 12.1 Å². The molecule has 0 spiro atoms. The Kier molecular flexibility index (Phi) is 5.85. The van der Waals surface area contributed by atoms with Crippen LogP contribution in [0.1, 0.15) is 18.4 Å². The highest BCUT2D eigenvalue weighted by atomic mass is 16.6. The van der Waals surface area contributed by atoms with Crippen molar-refractivity contribution in [1.29, 1.82) is 0 Å². The second kappa shape index (κ2) is 8.30. The summed E-state index contributed by atoms with van der Waals surface area (Å²) < 4.78 is 0. The molecule has 2 heterocycles. The fourth-order valence-electron chi connectivity index (χ4n) is 3.48. The third-order valence-electron chi connectivity index (χ3n) is 5.01. The minimum Gasteiger partial charge on any atom is -0.363 e. The molecule has 1 atom stereocenters. The van der Waals surface area contributed by atoms with Crippen molar-refractivity contribution in [3.63, 3.8) is 0 Å². The highest BCUT2D eigenvalue weighted by Gasteiger charge is 2.24. The average Bonchev–Trinajstić information content (AvgIpc) is 2.68. The van der Waals surface area contributed by atoms with E-state index < -0.39 is 0 Å². The van der Waals surface area contributed by atoms with Crippen LogP contribution >= 0.6 is 0 Å². The van der Waals surface area contributed by atoms with E-state index in [1.165, 1.54) is 6.07 Å². The highest BCUT2D eigenvalue weighted by molar-refractivity contribution is 5.49. The predicted octanol–water partition coefficient (Wildman–Crippen LogP) is 2.55. The summed E-state index contributed by atoms with van der Waals surface area (Å²) in [6, 6.07) is 9.26. The molecule has 0 radical (unpaired) electrons. The summed E-state index contributed by atoms with van der Waals surface area (Å²) in [5.74, 6) is 1.80. The molecule has 8 nitrogen and oxygen atoms in total. The number of nitro benzene ring substituents is 1. The van der Waals surface area contributed by atoms with Crippen LogP contribution in [0.4, 0.5) is 17.3 Å². The molecule has 27 heavy (non-hydrogen) atoms. The maximum atomic E-state index is 11.0. The lowest BCUT2D eigenvalue weighted by Crippen LogP contribution is -2.46. The van der Waals surface area contributed by atoms with Gasteiger partial charge in [0.1, 0.15) is 18.0 Å². The second-order valence-electron chi connectivity index (χ2n) is 7.20. The first-order valence-electron chi connectivity index (χ1n) is 9.12. The van der Waals surface area contributed by atoms with Crippen LogP contribution < -0.4 is 9.80 Å². The van der Waals surface area contributed by atoms with E-state index in [0.717, 1.165) is 49.7 Å². The molecule has 0 N–H and O–H groups in total. The highest BCUT2D eigenvalue weighted by Crippen LogP contribution is 2.23. The molecule has 0 bridgehead atoms. The third-order valence-corrected chi connectivity index (χ3v) is 5.01. The molecule has 1 unspecified atom stereocenters. The smallest absolute Gasteiger partial charge is 0.269 e. The van der Waals surface area contributed by atoms with Crippen LogP contribution in [-0.2, 0) is 6.54 Å². The van der Waals surface area contributed by atoms with Crippen molar-refractivity contribution in [3.8, 4) is 0 Å². The number of hydrogen-bond donors (Lipinski definition) is 0. The van der Waals surface area contributed by atoms with E-state index in [1.54, 1.807) is 18.5 Å². The Balaban J connectivity index is 1.68. The zero-order valence-corrected chi connectivity index (χ0v) is 16.1. The van der Waals surface area contributed by atoms with Gasteiger partial charge in [-0.25, -0.2) is 9.97 Å². The Bertz CT molecular complexity index is 797. The second-order valence-corrected chi connectivity index (χ2v) is 7.20. The van der Waals surface area contributed by atoms with Crippen molar-refractivity contribution < 1.29 is 4.92 Å². The molecule has 2 aromatic rings. The van der Waals surface area contributed by atoms with E-state index in [1.807, 2.05) is 31.1 Å². The Hall–Kier alpha value is -2.74. The number of aromatic nitrogens is 2. The maximum Gasteiger partial charge on any atom is 0.269 e. The van der Waals surface area contributed by atoms with Gasteiger partial charge in [-0.3, -0.25) is 15.0 Å².